The summed E-state index contributed by atoms with van der Waals surface area (Å²) in [5.41, 5.74) is 24.1. The molecule has 16 rings (SSSR count). The third-order valence-corrected chi connectivity index (χ3v) is 17.7. The molecule has 0 unspecified atom stereocenters. The Bertz CT molecular complexity index is 4940. The smallest absolute Gasteiger partial charge is 0.145 e. The third kappa shape index (κ3) is 9.58. The quantitative estimate of drug-likeness (QED) is 0.129. The van der Waals surface area contributed by atoms with Gasteiger partial charge in [0.15, 0.2) is 0 Å². The molecule has 6 heteroatoms. The Morgan fingerprint density at radius 3 is 1.49 bits per heavy atom. The Balaban J connectivity index is 0.840. The molecule has 0 saturated carbocycles. The summed E-state index contributed by atoms with van der Waals surface area (Å²) in [5, 5.41) is 4.29. The molecular weight excluding hydrogens is 1080 g/mol. The number of para-hydroxylation sites is 4. The number of fused-ring (bicyclic) bond motifs is 8. The summed E-state index contributed by atoms with van der Waals surface area (Å²) in [4.78, 5) is 10.1. The molecule has 3 aromatic heterocycles. The topological polar surface area (TPSA) is 46.7 Å². The molecule has 1 aliphatic heterocycles. The minimum absolute atomic E-state index is 0.0907. The summed E-state index contributed by atoms with van der Waals surface area (Å²) >= 11 is 0. The normalized spacial score (nSPS) is 12.4. The van der Waals surface area contributed by atoms with Crippen LogP contribution in [0.1, 0.15) is 31.9 Å². The van der Waals surface area contributed by atoms with Crippen LogP contribution in [0.5, 0.6) is 11.5 Å². The first-order chi connectivity index (χ1) is 43.6. The number of aromatic nitrogens is 2. The second kappa shape index (κ2) is 21.6. The molecule has 89 heavy (non-hydrogen) atoms. The van der Waals surface area contributed by atoms with Crippen molar-refractivity contribution in [1.82, 2.24) is 9.55 Å². The van der Waals surface area contributed by atoms with Gasteiger partial charge >= 0.3 is 0 Å². The summed E-state index contributed by atoms with van der Waals surface area (Å²) in [7, 11) is 0. The van der Waals surface area contributed by atoms with E-state index < -0.39 is 0 Å². The van der Waals surface area contributed by atoms with Crippen molar-refractivity contribution in [2.75, 3.05) is 16.5 Å². The molecule has 0 aliphatic carbocycles. The van der Waals surface area contributed by atoms with Gasteiger partial charge in [0.25, 0.3) is 0 Å². The van der Waals surface area contributed by atoms with Crippen LogP contribution in [0.3, 0.4) is 0 Å². The monoisotopic (exact) mass is 1150 g/mol. The van der Waals surface area contributed by atoms with E-state index in [0.29, 0.717) is 12.4 Å². The molecule has 12 aromatic carbocycles. The van der Waals surface area contributed by atoms with Gasteiger partial charge in [0, 0.05) is 51.3 Å². The van der Waals surface area contributed by atoms with Crippen LogP contribution in [0.15, 0.2) is 296 Å². The Hall–Kier alpha value is -11.2. The highest BCUT2D eigenvalue weighted by molar-refractivity contribution is 6.24. The molecule has 0 bridgehead atoms. The molecule has 15 aromatic rings. The molecule has 0 fully saturated rings. The van der Waals surface area contributed by atoms with Crippen LogP contribution >= 0.6 is 0 Å². The van der Waals surface area contributed by atoms with E-state index in [1.54, 1.807) is 0 Å². The maximum absolute atomic E-state index is 7.05. The van der Waals surface area contributed by atoms with E-state index in [9.17, 15) is 0 Å². The van der Waals surface area contributed by atoms with Crippen molar-refractivity contribution < 1.29 is 9.15 Å². The van der Waals surface area contributed by atoms with E-state index in [-0.39, 0.29) is 5.41 Å². The molecule has 6 nitrogen and oxygen atoms in total. The van der Waals surface area contributed by atoms with Crippen molar-refractivity contribution in [3.63, 3.8) is 0 Å². The first-order valence-corrected chi connectivity index (χ1v) is 30.6. The predicted molar refractivity (Wildman–Crippen MR) is 370 cm³/mol. The van der Waals surface area contributed by atoms with E-state index in [1.807, 2.05) is 18.3 Å². The Kier molecular flexibility index (Phi) is 13.0. The lowest BCUT2D eigenvalue weighted by Crippen LogP contribution is -2.25. The maximum atomic E-state index is 7.05. The molecule has 0 atom stereocenters. The van der Waals surface area contributed by atoms with Crippen molar-refractivity contribution in [1.29, 1.82) is 0 Å². The number of rotatable bonds is 11. The molecule has 0 radical (unpaired) electrons. The fourth-order valence-corrected chi connectivity index (χ4v) is 13.5. The fraction of sp³-hybridized carbons (Fsp3) is 0.0723. The van der Waals surface area contributed by atoms with Gasteiger partial charge in [-0.2, -0.15) is 0 Å². The highest BCUT2D eigenvalue weighted by Crippen LogP contribution is 2.52. The first kappa shape index (κ1) is 53.3. The van der Waals surface area contributed by atoms with Crippen LogP contribution in [-0.4, -0.2) is 16.2 Å². The van der Waals surface area contributed by atoms with Crippen LogP contribution in [0.2, 0.25) is 0 Å². The zero-order valence-corrected chi connectivity index (χ0v) is 50.0. The van der Waals surface area contributed by atoms with Gasteiger partial charge in [-0.1, -0.05) is 197 Å². The minimum Gasteiger partial charge on any atom is -0.457 e. The van der Waals surface area contributed by atoms with Crippen LogP contribution in [0, 0.1) is 6.92 Å². The zero-order chi connectivity index (χ0) is 59.7. The summed E-state index contributed by atoms with van der Waals surface area (Å²) < 4.78 is 16.1. The number of hydrogen-bond acceptors (Lipinski definition) is 5. The van der Waals surface area contributed by atoms with Gasteiger partial charge < -0.3 is 19.0 Å². The largest absolute Gasteiger partial charge is 0.457 e. The number of hydrogen-bond donors (Lipinski definition) is 0. The Labute approximate surface area is 518 Å². The van der Waals surface area contributed by atoms with Crippen LogP contribution in [-0.2, 0) is 5.41 Å². The van der Waals surface area contributed by atoms with Crippen LogP contribution < -0.4 is 14.5 Å². The van der Waals surface area contributed by atoms with Gasteiger partial charge in [-0.15, -0.1) is 0 Å². The van der Waals surface area contributed by atoms with E-state index in [0.717, 1.165) is 150 Å². The van der Waals surface area contributed by atoms with Crippen molar-refractivity contribution >= 4 is 66.5 Å². The van der Waals surface area contributed by atoms with Crippen molar-refractivity contribution in [3.8, 4) is 84.1 Å². The average molecular weight is 1150 g/mol. The lowest BCUT2D eigenvalue weighted by atomic mass is 9.85. The summed E-state index contributed by atoms with van der Waals surface area (Å²) in [5.74, 6) is 2.28. The van der Waals surface area contributed by atoms with Gasteiger partial charge in [0.2, 0.25) is 0 Å². The lowest BCUT2D eigenvalue weighted by Gasteiger charge is -2.28. The number of anilines is 4. The van der Waals surface area contributed by atoms with Gasteiger partial charge in [0.05, 0.1) is 33.5 Å². The molecule has 0 amide bonds. The molecule has 426 valence electrons. The maximum Gasteiger partial charge on any atom is 0.145 e. The van der Waals surface area contributed by atoms with Crippen LogP contribution in [0.4, 0.5) is 22.7 Å². The van der Waals surface area contributed by atoms with E-state index in [1.165, 1.54) is 5.56 Å². The summed E-state index contributed by atoms with van der Waals surface area (Å²) in [6.45, 7) is 9.47. The summed E-state index contributed by atoms with van der Waals surface area (Å²) in [6.07, 6.45) is 2.01. The fourth-order valence-electron chi connectivity index (χ4n) is 13.5. The number of pyridine rings is 1. The number of aryl methyl sites for hydroxylation is 1. The number of nitrogens with zero attached hydrogens (tertiary/aromatic N) is 4. The van der Waals surface area contributed by atoms with E-state index in [2.05, 4.69) is 315 Å². The van der Waals surface area contributed by atoms with Crippen molar-refractivity contribution in [2.24, 2.45) is 0 Å². The molecule has 0 N–H and O–H groups in total. The third-order valence-electron chi connectivity index (χ3n) is 17.7. The lowest BCUT2D eigenvalue weighted by molar-refractivity contribution is 0.483. The molecular formula is C83H62N4O2. The highest BCUT2D eigenvalue weighted by atomic mass is 16.5. The SMILES string of the molecule is Cc1cnc(-n2c3cc(Oc4cccc(N5CN(c6c(-c7cc(-c8ccccc8)cc(-c8ccccc8)c7)cccc6-c6cc(-c7ccccc7)cc(-c7ccccc7)c6)c6ccccc65)c4)ccc3c3c4oc5ccccc5c4ccc32)cc1C(C)(C)C. The minimum atomic E-state index is -0.0907. The Morgan fingerprint density at radius 2 is 0.910 bits per heavy atom. The zero-order valence-electron chi connectivity index (χ0n) is 50.0. The number of benzene rings is 12. The number of furan rings is 1. The van der Waals surface area contributed by atoms with Gasteiger partial charge in [-0.3, -0.25) is 4.57 Å². The van der Waals surface area contributed by atoms with E-state index >= 15 is 0 Å². The van der Waals surface area contributed by atoms with Crippen LogP contribution in [0.25, 0.3) is 116 Å². The standard InChI is InChI=1S/C83H62N4O2/c1-54-52-84-79(51-73(54)83(2,3)4)87-76-42-41-71-70-33-17-20-38-78(70)89-82(71)80(76)72-40-39-67(50-77(72)87)88-66-32-21-31-65(49-66)85-53-86(75-37-19-18-36-74(75)85)81-68(63-45-59(55-23-9-5-10-24-55)43-60(46-63)56-25-11-6-12-26-56)34-22-35-69(81)64-47-61(57-27-13-7-14-28-57)44-62(48-64)58-29-15-8-16-30-58/h5-52H,53H2,1-4H3. The van der Waals surface area contributed by atoms with Crippen molar-refractivity contribution in [3.05, 3.63) is 302 Å². The average Bonchev–Trinajstić information content (AvgIpc) is 1.66. The van der Waals surface area contributed by atoms with E-state index in [4.69, 9.17) is 14.1 Å². The molecule has 1 aliphatic rings. The second-order valence-corrected chi connectivity index (χ2v) is 24.4. The van der Waals surface area contributed by atoms with Crippen molar-refractivity contribution in [2.45, 2.75) is 33.1 Å². The molecule has 4 heterocycles. The van der Waals surface area contributed by atoms with Gasteiger partial charge in [0.1, 0.15) is 35.2 Å². The van der Waals surface area contributed by atoms with Gasteiger partial charge in [-0.25, -0.2) is 4.98 Å². The second-order valence-electron chi connectivity index (χ2n) is 24.4. The molecule has 0 spiro atoms. The summed E-state index contributed by atoms with van der Waals surface area (Å²) in [6, 6.07) is 103. The first-order valence-electron chi connectivity index (χ1n) is 30.6. The molecule has 0 saturated heterocycles. The predicted octanol–water partition coefficient (Wildman–Crippen LogP) is 22.7. The van der Waals surface area contributed by atoms with Gasteiger partial charge in [-0.05, 0) is 176 Å². The Morgan fingerprint density at radius 1 is 0.404 bits per heavy atom. The number of ether oxygens (including phenoxy) is 1. The highest BCUT2D eigenvalue weighted by Gasteiger charge is 2.32.